The summed E-state index contributed by atoms with van der Waals surface area (Å²) < 4.78 is 15.1. The van der Waals surface area contributed by atoms with Crippen LogP contribution in [0.2, 0.25) is 0 Å². The molecule has 0 bridgehead atoms. The van der Waals surface area contributed by atoms with E-state index in [4.69, 9.17) is 0 Å². The molecule has 5 rings (SSSR count). The van der Waals surface area contributed by atoms with Gasteiger partial charge in [0.2, 0.25) is 0 Å². The molecular weight excluding hydrogens is 403 g/mol. The predicted molar refractivity (Wildman–Crippen MR) is 115 cm³/mol. The van der Waals surface area contributed by atoms with Gasteiger partial charge < -0.3 is 5.11 Å². The van der Waals surface area contributed by atoms with Crippen molar-refractivity contribution in [1.82, 2.24) is 4.98 Å². The molecule has 32 heavy (non-hydrogen) atoms. The molecule has 0 saturated heterocycles. The van der Waals surface area contributed by atoms with E-state index in [0.29, 0.717) is 44.7 Å². The minimum absolute atomic E-state index is 0.0249. The smallest absolute Gasteiger partial charge is 0.138 e. The van der Waals surface area contributed by atoms with E-state index >= 15 is 4.39 Å². The van der Waals surface area contributed by atoms with Crippen molar-refractivity contribution in [3.8, 4) is 35.2 Å². The molecule has 2 aromatic carbocycles. The lowest BCUT2D eigenvalue weighted by atomic mass is 9.89. The number of phenols is 1. The Bertz CT molecular complexity index is 1560. The molecule has 5 nitrogen and oxygen atoms in total. The zero-order valence-electron chi connectivity index (χ0n) is 16.4. The Morgan fingerprint density at radius 2 is 1.59 bits per heavy atom. The molecule has 0 aliphatic heterocycles. The normalized spacial score (nSPS) is 16.6. The van der Waals surface area contributed by atoms with Crippen molar-refractivity contribution >= 4 is 16.7 Å². The minimum atomic E-state index is -0.597. The van der Waals surface area contributed by atoms with E-state index in [9.17, 15) is 20.9 Å². The molecule has 1 N–H and O–H groups in total. The van der Waals surface area contributed by atoms with Gasteiger partial charge in [0.1, 0.15) is 29.3 Å². The van der Waals surface area contributed by atoms with E-state index in [1.165, 1.54) is 18.2 Å². The molecule has 1 heterocycles. The van der Waals surface area contributed by atoms with Crippen molar-refractivity contribution in [3.63, 3.8) is 0 Å². The summed E-state index contributed by atoms with van der Waals surface area (Å²) in [6, 6.07) is 18.8. The molecule has 0 unspecified atom stereocenters. The molecule has 0 atom stereocenters. The Balaban J connectivity index is 2.05. The number of aromatic hydroxyl groups is 1. The van der Waals surface area contributed by atoms with Crippen LogP contribution >= 0.6 is 0 Å². The van der Waals surface area contributed by atoms with Crippen LogP contribution in [-0.2, 0) is 0 Å². The quantitative estimate of drug-likeness (QED) is 0.402. The largest absolute Gasteiger partial charge is 0.507 e. The van der Waals surface area contributed by atoms with Gasteiger partial charge in [-0.1, -0.05) is 30.3 Å². The molecule has 3 aromatic rings. The van der Waals surface area contributed by atoms with Crippen LogP contribution in [0.4, 0.5) is 4.39 Å². The Kier molecular flexibility index (Phi) is 4.19. The fourth-order valence-electron chi connectivity index (χ4n) is 4.48. The van der Waals surface area contributed by atoms with E-state index in [0.717, 1.165) is 0 Å². The van der Waals surface area contributed by atoms with Crippen molar-refractivity contribution < 1.29 is 9.50 Å². The second kappa shape index (κ2) is 7.06. The fourth-order valence-corrected chi connectivity index (χ4v) is 4.48. The van der Waals surface area contributed by atoms with Crippen molar-refractivity contribution in [2.75, 3.05) is 0 Å². The van der Waals surface area contributed by atoms with Crippen molar-refractivity contribution in [2.24, 2.45) is 0 Å². The number of hydrogen-bond acceptors (Lipinski definition) is 5. The molecule has 2 aliphatic rings. The molecule has 0 spiro atoms. The molecule has 0 saturated carbocycles. The number of pyridine rings is 1. The van der Waals surface area contributed by atoms with Gasteiger partial charge in [0, 0.05) is 45.7 Å². The third-order valence-corrected chi connectivity index (χ3v) is 5.63. The summed E-state index contributed by atoms with van der Waals surface area (Å²) >= 11 is 0. The average Bonchev–Trinajstić information content (AvgIpc) is 3.30. The van der Waals surface area contributed by atoms with Crippen LogP contribution in [0.3, 0.4) is 0 Å². The Morgan fingerprint density at radius 1 is 0.875 bits per heavy atom. The topological polar surface area (TPSA) is 104 Å². The second-order valence-electron chi connectivity index (χ2n) is 7.17. The Morgan fingerprint density at radius 3 is 2.34 bits per heavy atom. The fraction of sp³-hybridized carbons (Fsp3) is 0. The summed E-state index contributed by atoms with van der Waals surface area (Å²) in [6.45, 7) is 0. The van der Waals surface area contributed by atoms with Crippen LogP contribution in [0.15, 0.2) is 72.0 Å². The maximum absolute atomic E-state index is 15.1. The summed E-state index contributed by atoms with van der Waals surface area (Å²) in [4.78, 5) is 4.43. The molecule has 0 amide bonds. The minimum Gasteiger partial charge on any atom is -0.507 e. The molecule has 0 fully saturated rings. The van der Waals surface area contributed by atoms with E-state index in [1.807, 2.05) is 24.3 Å². The molecular formula is C26H11FN4O. The molecule has 0 radical (unpaired) electrons. The highest BCUT2D eigenvalue weighted by Gasteiger charge is 2.38. The van der Waals surface area contributed by atoms with Crippen LogP contribution in [0, 0.1) is 39.8 Å². The summed E-state index contributed by atoms with van der Waals surface area (Å²) in [5, 5.41) is 39.5. The number of benzene rings is 2. The SMILES string of the molecule is N#CC=C1/C(=C2\c3cccnc3-c3c(O)cccc32)C(=C(C#N)C#N)c2c(F)cccc21. The monoisotopic (exact) mass is 414 g/mol. The van der Waals surface area contributed by atoms with Crippen LogP contribution in [-0.4, -0.2) is 10.1 Å². The third kappa shape index (κ3) is 2.43. The molecule has 2 aliphatic carbocycles. The van der Waals surface area contributed by atoms with Gasteiger partial charge in [-0.05, 0) is 29.3 Å². The van der Waals surface area contributed by atoms with Crippen molar-refractivity contribution in [3.05, 3.63) is 100 Å². The zero-order valence-corrected chi connectivity index (χ0v) is 16.4. The number of halogens is 1. The second-order valence-corrected chi connectivity index (χ2v) is 7.17. The van der Waals surface area contributed by atoms with Gasteiger partial charge in [0.15, 0.2) is 0 Å². The lowest BCUT2D eigenvalue weighted by molar-refractivity contribution is 0.477. The first kappa shape index (κ1) is 19.0. The third-order valence-electron chi connectivity index (χ3n) is 5.63. The van der Waals surface area contributed by atoms with Gasteiger partial charge in [-0.2, -0.15) is 15.8 Å². The maximum Gasteiger partial charge on any atom is 0.138 e. The summed E-state index contributed by atoms with van der Waals surface area (Å²) in [5.41, 5.74) is 4.09. The Labute approximate surface area is 182 Å². The highest BCUT2D eigenvalue weighted by atomic mass is 19.1. The lowest BCUT2D eigenvalue weighted by Crippen LogP contribution is -1.95. The zero-order chi connectivity index (χ0) is 22.4. The molecule has 1 aromatic heterocycles. The number of rotatable bonds is 0. The van der Waals surface area contributed by atoms with Crippen molar-refractivity contribution in [1.29, 1.82) is 15.8 Å². The first-order valence-corrected chi connectivity index (χ1v) is 9.59. The number of allylic oxidation sites excluding steroid dienone is 5. The van der Waals surface area contributed by atoms with E-state index in [1.54, 1.807) is 36.5 Å². The average molecular weight is 414 g/mol. The number of nitrogens with zero attached hydrogens (tertiary/aromatic N) is 4. The number of phenolic OH excluding ortho intramolecular Hbond substituents is 1. The number of hydrogen-bond donors (Lipinski definition) is 1. The van der Waals surface area contributed by atoms with Gasteiger partial charge in [0.05, 0.1) is 17.3 Å². The molecule has 148 valence electrons. The number of aromatic nitrogens is 1. The van der Waals surface area contributed by atoms with Gasteiger partial charge in [-0.3, -0.25) is 4.98 Å². The van der Waals surface area contributed by atoms with Gasteiger partial charge >= 0.3 is 0 Å². The maximum atomic E-state index is 15.1. The van der Waals surface area contributed by atoms with Crippen molar-refractivity contribution in [2.45, 2.75) is 0 Å². The van der Waals surface area contributed by atoms with Crippen LogP contribution in [0.5, 0.6) is 5.75 Å². The highest BCUT2D eigenvalue weighted by molar-refractivity contribution is 6.20. The number of fused-ring (bicyclic) bond motifs is 4. The summed E-state index contributed by atoms with van der Waals surface area (Å²) in [7, 11) is 0. The van der Waals surface area contributed by atoms with Crippen LogP contribution in [0.25, 0.3) is 28.0 Å². The van der Waals surface area contributed by atoms with E-state index in [-0.39, 0.29) is 22.5 Å². The standard InChI is InChI=1S/C26H11FN4O/c27-19-7-1-4-15-16(9-10-28)25(21(23(15)19)14(12-29)13-30)22-17-5-2-8-20(32)24(17)26-18(22)6-3-11-31-26/h1-9,11,32H/b16-9?,25-22+. The summed E-state index contributed by atoms with van der Waals surface area (Å²) in [6.07, 6.45) is 2.89. The number of nitriles is 3. The highest BCUT2D eigenvalue weighted by Crippen LogP contribution is 2.56. The Hall–Kier alpha value is -4.99. The first-order chi connectivity index (χ1) is 15.6. The molecule has 6 heteroatoms. The van der Waals surface area contributed by atoms with Crippen LogP contribution in [0.1, 0.15) is 22.3 Å². The van der Waals surface area contributed by atoms with Crippen LogP contribution < -0.4 is 0 Å². The van der Waals surface area contributed by atoms with Gasteiger partial charge in [0.25, 0.3) is 0 Å². The van der Waals surface area contributed by atoms with E-state index in [2.05, 4.69) is 4.98 Å². The van der Waals surface area contributed by atoms with Gasteiger partial charge in [-0.15, -0.1) is 0 Å². The summed E-state index contributed by atoms with van der Waals surface area (Å²) in [5.74, 6) is -0.572. The lowest BCUT2D eigenvalue weighted by Gasteiger charge is -2.12. The van der Waals surface area contributed by atoms with E-state index < -0.39 is 5.82 Å². The first-order valence-electron chi connectivity index (χ1n) is 9.59. The van der Waals surface area contributed by atoms with Gasteiger partial charge in [-0.25, -0.2) is 4.39 Å². The predicted octanol–water partition coefficient (Wildman–Crippen LogP) is 5.13.